The van der Waals surface area contributed by atoms with Gasteiger partial charge in [0.15, 0.2) is 0 Å². The molecule has 3 heteroatoms. The van der Waals surface area contributed by atoms with E-state index in [1.54, 1.807) is 7.11 Å². The van der Waals surface area contributed by atoms with Crippen molar-refractivity contribution in [1.82, 2.24) is 5.32 Å². The van der Waals surface area contributed by atoms with Crippen LogP contribution in [-0.2, 0) is 4.74 Å². The lowest BCUT2D eigenvalue weighted by atomic mass is 9.81. The summed E-state index contributed by atoms with van der Waals surface area (Å²) in [5.74, 6) is 0.723. The maximum Gasteiger partial charge on any atom is 0.0785 e. The summed E-state index contributed by atoms with van der Waals surface area (Å²) in [6.45, 7) is 1.25. The average molecular weight is 291 g/mol. The maximum atomic E-state index is 9.78. The molecule has 1 aromatic rings. The minimum atomic E-state index is -0.370. The molecule has 1 saturated carbocycles. The Balaban J connectivity index is 1.92. The number of aliphatic hydroxyl groups is 1. The Bertz CT molecular complexity index is 376. The largest absolute Gasteiger partial charge is 0.391 e. The summed E-state index contributed by atoms with van der Waals surface area (Å²) in [7, 11) is 1.63. The number of benzene rings is 1. The van der Waals surface area contributed by atoms with E-state index in [-0.39, 0.29) is 6.10 Å². The van der Waals surface area contributed by atoms with Crippen LogP contribution in [-0.4, -0.2) is 31.5 Å². The molecule has 2 N–H and O–H groups in total. The lowest BCUT2D eigenvalue weighted by molar-refractivity contribution is 0.0583. The fraction of sp³-hybridized carbons (Fsp3) is 0.667. The molecule has 0 saturated heterocycles. The molecular formula is C18H29NO2. The van der Waals surface area contributed by atoms with Gasteiger partial charge in [0.2, 0.25) is 0 Å². The van der Waals surface area contributed by atoms with Gasteiger partial charge in [-0.25, -0.2) is 0 Å². The van der Waals surface area contributed by atoms with E-state index in [9.17, 15) is 5.11 Å². The first-order valence-electron chi connectivity index (χ1n) is 8.26. The van der Waals surface area contributed by atoms with Crippen molar-refractivity contribution in [2.24, 2.45) is 5.92 Å². The summed E-state index contributed by atoms with van der Waals surface area (Å²) < 4.78 is 4.98. The summed E-state index contributed by atoms with van der Waals surface area (Å²) in [4.78, 5) is 0. The van der Waals surface area contributed by atoms with E-state index in [1.165, 1.54) is 37.7 Å². The highest BCUT2D eigenvalue weighted by atomic mass is 16.5. The quantitative estimate of drug-likeness (QED) is 0.772. The van der Waals surface area contributed by atoms with Gasteiger partial charge in [0, 0.05) is 13.2 Å². The van der Waals surface area contributed by atoms with E-state index >= 15 is 0 Å². The zero-order valence-electron chi connectivity index (χ0n) is 13.1. The average Bonchev–Trinajstić information content (AvgIpc) is 2.53. The number of hydrogen-bond donors (Lipinski definition) is 2. The molecule has 0 bridgehead atoms. The van der Waals surface area contributed by atoms with Crippen LogP contribution in [0.15, 0.2) is 30.3 Å². The van der Waals surface area contributed by atoms with Crippen LogP contribution in [0.4, 0.5) is 0 Å². The Morgan fingerprint density at radius 2 is 1.90 bits per heavy atom. The van der Waals surface area contributed by atoms with Gasteiger partial charge < -0.3 is 15.2 Å². The molecule has 1 aliphatic carbocycles. The fourth-order valence-electron chi connectivity index (χ4n) is 3.37. The van der Waals surface area contributed by atoms with Crippen LogP contribution in [0.2, 0.25) is 0 Å². The molecule has 0 aliphatic heterocycles. The van der Waals surface area contributed by atoms with Crippen molar-refractivity contribution < 1.29 is 9.84 Å². The lowest BCUT2D eigenvalue weighted by Crippen LogP contribution is -2.32. The second-order valence-corrected chi connectivity index (χ2v) is 6.14. The lowest BCUT2D eigenvalue weighted by Gasteiger charge is -2.32. The topological polar surface area (TPSA) is 41.5 Å². The second-order valence-electron chi connectivity index (χ2n) is 6.14. The molecule has 0 aromatic heterocycles. The first-order chi connectivity index (χ1) is 10.3. The third-order valence-electron chi connectivity index (χ3n) is 4.48. The molecule has 0 radical (unpaired) electrons. The number of aliphatic hydroxyl groups excluding tert-OH is 1. The van der Waals surface area contributed by atoms with Crippen LogP contribution in [0.25, 0.3) is 0 Å². The van der Waals surface area contributed by atoms with Crippen LogP contribution in [0.3, 0.4) is 0 Å². The zero-order valence-corrected chi connectivity index (χ0v) is 13.1. The minimum absolute atomic E-state index is 0.370. The SMILES string of the molecule is COCC(O)CCNC(c1ccccc1)C1CCCCC1. The van der Waals surface area contributed by atoms with E-state index in [1.807, 2.05) is 0 Å². The van der Waals surface area contributed by atoms with Crippen molar-refractivity contribution in [2.75, 3.05) is 20.3 Å². The predicted octanol–water partition coefficient (Wildman–Crippen LogP) is 3.30. The third-order valence-corrected chi connectivity index (χ3v) is 4.48. The van der Waals surface area contributed by atoms with Gasteiger partial charge in [0.05, 0.1) is 12.7 Å². The van der Waals surface area contributed by atoms with E-state index < -0.39 is 0 Å². The van der Waals surface area contributed by atoms with Crippen molar-refractivity contribution in [3.63, 3.8) is 0 Å². The number of hydrogen-bond acceptors (Lipinski definition) is 3. The smallest absolute Gasteiger partial charge is 0.0785 e. The van der Waals surface area contributed by atoms with Gasteiger partial charge >= 0.3 is 0 Å². The highest BCUT2D eigenvalue weighted by Gasteiger charge is 2.24. The van der Waals surface area contributed by atoms with E-state index in [0.29, 0.717) is 12.6 Å². The second kappa shape index (κ2) is 9.19. The van der Waals surface area contributed by atoms with Gasteiger partial charge in [0.1, 0.15) is 0 Å². The normalized spacial score (nSPS) is 19.3. The van der Waals surface area contributed by atoms with E-state index in [4.69, 9.17) is 4.74 Å². The van der Waals surface area contributed by atoms with Gasteiger partial charge in [-0.05, 0) is 37.3 Å². The molecule has 1 aliphatic rings. The minimum Gasteiger partial charge on any atom is -0.391 e. The van der Waals surface area contributed by atoms with Crippen LogP contribution in [0.1, 0.15) is 50.1 Å². The van der Waals surface area contributed by atoms with Gasteiger partial charge in [-0.1, -0.05) is 49.6 Å². The maximum absolute atomic E-state index is 9.78. The van der Waals surface area contributed by atoms with Crippen molar-refractivity contribution in [1.29, 1.82) is 0 Å². The fourth-order valence-corrected chi connectivity index (χ4v) is 3.37. The molecule has 118 valence electrons. The highest BCUT2D eigenvalue weighted by molar-refractivity contribution is 5.19. The number of rotatable bonds is 8. The summed E-state index contributed by atoms with van der Waals surface area (Å²) in [5.41, 5.74) is 1.38. The first-order valence-corrected chi connectivity index (χ1v) is 8.26. The zero-order chi connectivity index (χ0) is 14.9. The molecule has 1 fully saturated rings. The van der Waals surface area contributed by atoms with E-state index in [0.717, 1.165) is 18.9 Å². The summed E-state index contributed by atoms with van der Waals surface area (Å²) in [6.07, 6.45) is 7.07. The van der Waals surface area contributed by atoms with Gasteiger partial charge in [-0.2, -0.15) is 0 Å². The molecule has 1 aromatic carbocycles. The van der Waals surface area contributed by atoms with Crippen LogP contribution < -0.4 is 5.32 Å². The van der Waals surface area contributed by atoms with Gasteiger partial charge in [-0.3, -0.25) is 0 Å². The van der Waals surface area contributed by atoms with Crippen molar-refractivity contribution in [3.8, 4) is 0 Å². The Kier molecular flexibility index (Phi) is 7.20. The monoisotopic (exact) mass is 291 g/mol. The Morgan fingerprint density at radius 1 is 1.19 bits per heavy atom. The molecule has 2 rings (SSSR count). The Labute approximate surface area is 128 Å². The highest BCUT2D eigenvalue weighted by Crippen LogP contribution is 2.34. The molecule has 0 spiro atoms. The molecular weight excluding hydrogens is 262 g/mol. The number of ether oxygens (including phenoxy) is 1. The Morgan fingerprint density at radius 3 is 2.57 bits per heavy atom. The first kappa shape index (κ1) is 16.5. The van der Waals surface area contributed by atoms with Crippen molar-refractivity contribution in [3.05, 3.63) is 35.9 Å². The Hall–Kier alpha value is -0.900. The predicted molar refractivity (Wildman–Crippen MR) is 86.3 cm³/mol. The van der Waals surface area contributed by atoms with Crippen LogP contribution >= 0.6 is 0 Å². The van der Waals surface area contributed by atoms with Crippen LogP contribution in [0, 0.1) is 5.92 Å². The molecule has 2 unspecified atom stereocenters. The van der Waals surface area contributed by atoms with Crippen LogP contribution in [0.5, 0.6) is 0 Å². The third kappa shape index (κ3) is 5.42. The van der Waals surface area contributed by atoms with Crippen molar-refractivity contribution >= 4 is 0 Å². The summed E-state index contributed by atoms with van der Waals surface area (Å²) in [5, 5.41) is 13.5. The molecule has 2 atom stereocenters. The number of methoxy groups -OCH3 is 1. The molecule has 0 heterocycles. The number of nitrogens with one attached hydrogen (secondary N) is 1. The molecule has 3 nitrogen and oxygen atoms in total. The molecule has 0 amide bonds. The summed E-state index contributed by atoms with van der Waals surface area (Å²) >= 11 is 0. The summed E-state index contributed by atoms with van der Waals surface area (Å²) in [6, 6.07) is 11.2. The van der Waals surface area contributed by atoms with E-state index in [2.05, 4.69) is 35.6 Å². The van der Waals surface area contributed by atoms with Gasteiger partial charge in [0.25, 0.3) is 0 Å². The molecule has 21 heavy (non-hydrogen) atoms. The van der Waals surface area contributed by atoms with Gasteiger partial charge in [-0.15, -0.1) is 0 Å². The standard InChI is InChI=1S/C18H29NO2/c1-21-14-17(20)12-13-19-18(15-8-4-2-5-9-15)16-10-6-3-7-11-16/h2,4-5,8-9,16-20H,3,6-7,10-14H2,1H3. The van der Waals surface area contributed by atoms with Crippen molar-refractivity contribution in [2.45, 2.75) is 50.7 Å².